The number of anilines is 1. The second kappa shape index (κ2) is 4.65. The minimum atomic E-state index is 0.594. The average Bonchev–Trinajstić information content (AvgIpc) is 2.86. The zero-order valence-corrected chi connectivity index (χ0v) is 10.3. The first kappa shape index (κ1) is 11.0. The number of aromatic nitrogens is 1. The molecule has 1 aliphatic heterocycles. The van der Waals surface area contributed by atoms with Gasteiger partial charge in [-0.25, -0.2) is 4.98 Å². The fourth-order valence-corrected chi connectivity index (χ4v) is 3.57. The van der Waals surface area contributed by atoms with E-state index in [-0.39, 0.29) is 0 Å². The van der Waals surface area contributed by atoms with Gasteiger partial charge in [0.05, 0.1) is 0 Å². The van der Waals surface area contributed by atoms with Gasteiger partial charge < -0.3 is 10.6 Å². The van der Waals surface area contributed by atoms with Crippen LogP contribution in [0.2, 0.25) is 0 Å². The molecule has 2 atom stereocenters. The van der Waals surface area contributed by atoms with Crippen molar-refractivity contribution in [2.45, 2.75) is 44.7 Å². The second-order valence-corrected chi connectivity index (χ2v) is 5.28. The predicted octanol–water partition coefficient (Wildman–Crippen LogP) is 2.31. The van der Waals surface area contributed by atoms with Crippen LogP contribution in [0.15, 0.2) is 18.3 Å². The van der Waals surface area contributed by atoms with Crippen molar-refractivity contribution in [2.24, 2.45) is 11.7 Å². The van der Waals surface area contributed by atoms with Gasteiger partial charge in [-0.2, -0.15) is 0 Å². The van der Waals surface area contributed by atoms with Gasteiger partial charge >= 0.3 is 0 Å². The number of fused-ring (bicyclic) bond motifs is 1. The molecule has 1 aliphatic carbocycles. The van der Waals surface area contributed by atoms with E-state index in [1.54, 1.807) is 0 Å². The summed E-state index contributed by atoms with van der Waals surface area (Å²) in [7, 11) is 0. The fourth-order valence-electron chi connectivity index (χ4n) is 3.57. The highest BCUT2D eigenvalue weighted by Crippen LogP contribution is 2.39. The number of nitrogens with zero attached hydrogens (tertiary/aromatic N) is 2. The van der Waals surface area contributed by atoms with E-state index in [0.29, 0.717) is 6.54 Å². The van der Waals surface area contributed by atoms with Crippen LogP contribution in [0, 0.1) is 5.92 Å². The molecule has 17 heavy (non-hydrogen) atoms. The maximum atomic E-state index is 5.83. The highest BCUT2D eigenvalue weighted by atomic mass is 15.2. The zero-order chi connectivity index (χ0) is 11.7. The van der Waals surface area contributed by atoms with Crippen molar-refractivity contribution in [3.63, 3.8) is 0 Å². The molecule has 0 bridgehead atoms. The minimum absolute atomic E-state index is 0.594. The van der Waals surface area contributed by atoms with E-state index in [9.17, 15) is 0 Å². The van der Waals surface area contributed by atoms with Gasteiger partial charge in [-0.15, -0.1) is 0 Å². The second-order valence-electron chi connectivity index (χ2n) is 5.28. The molecule has 2 N–H and O–H groups in total. The van der Waals surface area contributed by atoms with Gasteiger partial charge in [0, 0.05) is 30.9 Å². The molecule has 0 aromatic carbocycles. The molecule has 1 aromatic heterocycles. The molecule has 2 aliphatic rings. The summed E-state index contributed by atoms with van der Waals surface area (Å²) in [5, 5.41) is 0. The number of rotatable bonds is 2. The highest BCUT2D eigenvalue weighted by molar-refractivity contribution is 5.48. The lowest BCUT2D eigenvalue weighted by molar-refractivity contribution is 0.360. The van der Waals surface area contributed by atoms with Crippen LogP contribution in [0.1, 0.15) is 37.7 Å². The van der Waals surface area contributed by atoms with E-state index in [1.807, 2.05) is 12.3 Å². The monoisotopic (exact) mass is 231 g/mol. The third-order valence-corrected chi connectivity index (χ3v) is 4.35. The standard InChI is InChI=1S/C14H21N3/c15-10-12-5-2-8-16-14(12)17-9-3-6-11-4-1-7-13(11)17/h2,5,8,11,13H,1,3-4,6-7,9-10,15H2. The average molecular weight is 231 g/mol. The molecule has 1 saturated carbocycles. The Morgan fingerprint density at radius 2 is 2.18 bits per heavy atom. The molecular weight excluding hydrogens is 210 g/mol. The molecule has 2 heterocycles. The Hall–Kier alpha value is -1.09. The number of hydrogen-bond acceptors (Lipinski definition) is 3. The molecule has 3 heteroatoms. The number of pyridine rings is 1. The van der Waals surface area contributed by atoms with Gasteiger partial charge in [0.25, 0.3) is 0 Å². The lowest BCUT2D eigenvalue weighted by Gasteiger charge is -2.39. The summed E-state index contributed by atoms with van der Waals surface area (Å²) in [5.74, 6) is 2.04. The summed E-state index contributed by atoms with van der Waals surface area (Å²) < 4.78 is 0. The largest absolute Gasteiger partial charge is 0.353 e. The Kier molecular flexibility index (Phi) is 3.02. The van der Waals surface area contributed by atoms with Gasteiger partial charge in [0.15, 0.2) is 0 Å². The SMILES string of the molecule is NCc1cccnc1N1CCCC2CCCC21. The van der Waals surface area contributed by atoms with Crippen LogP contribution < -0.4 is 10.6 Å². The van der Waals surface area contributed by atoms with Crippen LogP contribution in [0.5, 0.6) is 0 Å². The Morgan fingerprint density at radius 3 is 3.06 bits per heavy atom. The predicted molar refractivity (Wildman–Crippen MR) is 69.8 cm³/mol. The number of piperidine rings is 1. The molecular formula is C14H21N3. The van der Waals surface area contributed by atoms with E-state index in [2.05, 4.69) is 16.0 Å². The molecule has 0 amide bonds. The summed E-state index contributed by atoms with van der Waals surface area (Å²) in [5.41, 5.74) is 7.02. The van der Waals surface area contributed by atoms with Crippen molar-refractivity contribution in [3.8, 4) is 0 Å². The van der Waals surface area contributed by atoms with Gasteiger partial charge in [-0.05, 0) is 37.7 Å². The minimum Gasteiger partial charge on any atom is -0.353 e. The molecule has 92 valence electrons. The lowest BCUT2D eigenvalue weighted by atomic mass is 9.91. The van der Waals surface area contributed by atoms with Crippen molar-refractivity contribution < 1.29 is 0 Å². The van der Waals surface area contributed by atoms with Gasteiger partial charge in [-0.1, -0.05) is 12.5 Å². The van der Waals surface area contributed by atoms with E-state index >= 15 is 0 Å². The summed E-state index contributed by atoms with van der Waals surface area (Å²) in [6, 6.07) is 4.83. The molecule has 2 unspecified atom stereocenters. The molecule has 3 rings (SSSR count). The normalized spacial score (nSPS) is 28.2. The topological polar surface area (TPSA) is 42.1 Å². The molecule has 1 saturated heterocycles. The summed E-state index contributed by atoms with van der Waals surface area (Å²) >= 11 is 0. The van der Waals surface area contributed by atoms with Crippen molar-refractivity contribution >= 4 is 5.82 Å². The Bertz CT molecular complexity index is 391. The fraction of sp³-hybridized carbons (Fsp3) is 0.643. The molecule has 0 spiro atoms. The maximum Gasteiger partial charge on any atom is 0.133 e. The number of hydrogen-bond donors (Lipinski definition) is 1. The highest BCUT2D eigenvalue weighted by Gasteiger charge is 2.36. The van der Waals surface area contributed by atoms with Crippen LogP contribution in [0.4, 0.5) is 5.82 Å². The zero-order valence-electron chi connectivity index (χ0n) is 10.3. The Balaban J connectivity index is 1.91. The van der Waals surface area contributed by atoms with Gasteiger partial charge in [0.1, 0.15) is 5.82 Å². The molecule has 1 aromatic rings. The molecule has 2 fully saturated rings. The molecule has 0 radical (unpaired) electrons. The first-order valence-corrected chi connectivity index (χ1v) is 6.81. The van der Waals surface area contributed by atoms with E-state index in [1.165, 1.54) is 37.7 Å². The van der Waals surface area contributed by atoms with Crippen molar-refractivity contribution in [3.05, 3.63) is 23.9 Å². The van der Waals surface area contributed by atoms with E-state index in [4.69, 9.17) is 5.73 Å². The van der Waals surface area contributed by atoms with E-state index < -0.39 is 0 Å². The van der Waals surface area contributed by atoms with Gasteiger partial charge in [0.2, 0.25) is 0 Å². The van der Waals surface area contributed by atoms with Crippen molar-refractivity contribution in [2.75, 3.05) is 11.4 Å². The summed E-state index contributed by atoms with van der Waals surface area (Å²) in [4.78, 5) is 7.11. The summed E-state index contributed by atoms with van der Waals surface area (Å²) in [6.45, 7) is 1.75. The summed E-state index contributed by atoms with van der Waals surface area (Å²) in [6.07, 6.45) is 8.74. The molecule has 3 nitrogen and oxygen atoms in total. The van der Waals surface area contributed by atoms with Crippen molar-refractivity contribution in [1.29, 1.82) is 0 Å². The maximum absolute atomic E-state index is 5.83. The third kappa shape index (κ3) is 1.93. The van der Waals surface area contributed by atoms with Crippen LogP contribution >= 0.6 is 0 Å². The van der Waals surface area contributed by atoms with Gasteiger partial charge in [-0.3, -0.25) is 0 Å². The van der Waals surface area contributed by atoms with Crippen LogP contribution in [0.25, 0.3) is 0 Å². The third-order valence-electron chi connectivity index (χ3n) is 4.35. The Morgan fingerprint density at radius 1 is 1.29 bits per heavy atom. The van der Waals surface area contributed by atoms with Crippen LogP contribution in [-0.4, -0.2) is 17.6 Å². The first-order chi connectivity index (χ1) is 8.40. The van der Waals surface area contributed by atoms with Crippen LogP contribution in [0.3, 0.4) is 0 Å². The van der Waals surface area contributed by atoms with Crippen molar-refractivity contribution in [1.82, 2.24) is 4.98 Å². The number of nitrogens with two attached hydrogens (primary N) is 1. The Labute approximate surface area is 103 Å². The quantitative estimate of drug-likeness (QED) is 0.849. The van der Waals surface area contributed by atoms with Crippen LogP contribution in [-0.2, 0) is 6.54 Å². The first-order valence-electron chi connectivity index (χ1n) is 6.81. The lowest BCUT2D eigenvalue weighted by Crippen LogP contribution is -2.43. The van der Waals surface area contributed by atoms with E-state index in [0.717, 1.165) is 24.3 Å². The smallest absolute Gasteiger partial charge is 0.133 e.